The minimum Gasteiger partial charge on any atom is -0.462 e. The van der Waals surface area contributed by atoms with E-state index in [4.69, 9.17) is 18.9 Å². The third kappa shape index (κ3) is 23.2. The third-order valence-electron chi connectivity index (χ3n) is 13.4. The van der Waals surface area contributed by atoms with E-state index in [9.17, 15) is 70.6 Å². The molecule has 0 unspecified atom stereocenters. The second-order valence-corrected chi connectivity index (χ2v) is 20.4. The summed E-state index contributed by atoms with van der Waals surface area (Å²) in [6, 6.07) is -1.23. The van der Waals surface area contributed by atoms with E-state index in [0.29, 0.717) is 0 Å². The number of carbonyl (C=O) groups is 3. The third-order valence-corrected chi connectivity index (χ3v) is 13.4. The number of nitrogens with zero attached hydrogens (tertiary/aromatic N) is 1. The molecule has 0 aromatic carbocycles. The number of ether oxygens (including phenoxy) is 4. The van der Waals surface area contributed by atoms with E-state index >= 15 is 0 Å². The van der Waals surface area contributed by atoms with Gasteiger partial charge in [0.1, 0.15) is 18.3 Å². The molecule has 75 heavy (non-hydrogen) atoms. The molecule has 3 aliphatic heterocycles. The van der Waals surface area contributed by atoms with Crippen LogP contribution in [0.2, 0.25) is 0 Å². The lowest BCUT2D eigenvalue weighted by molar-refractivity contribution is -0.309. The molecule has 426 valence electrons. The molecule has 2 amide bonds. The Morgan fingerprint density at radius 3 is 1.88 bits per heavy atom. The maximum Gasteiger partial charge on any atom is 0.308 e. The van der Waals surface area contributed by atoms with Crippen LogP contribution in [0.1, 0.15) is 85.5 Å². The van der Waals surface area contributed by atoms with Gasteiger partial charge >= 0.3 is 5.97 Å². The number of hydrogen-bond donors (Lipinski definition) is 13. The first-order chi connectivity index (χ1) is 35.4. The van der Waals surface area contributed by atoms with Crippen LogP contribution >= 0.6 is 0 Å². The van der Waals surface area contributed by atoms with Crippen LogP contribution < -0.4 is 10.6 Å². The van der Waals surface area contributed by atoms with Gasteiger partial charge in [-0.15, -0.1) is 0 Å². The van der Waals surface area contributed by atoms with Crippen molar-refractivity contribution in [3.8, 4) is 0 Å². The van der Waals surface area contributed by atoms with Gasteiger partial charge in [0, 0.05) is 44.2 Å². The molecule has 3 heterocycles. The molecule has 19 atom stereocenters. The molecule has 13 N–H and O–H groups in total. The van der Waals surface area contributed by atoms with Gasteiger partial charge in [0.2, 0.25) is 11.8 Å². The zero-order valence-corrected chi connectivity index (χ0v) is 44.2. The summed E-state index contributed by atoms with van der Waals surface area (Å²) in [5.41, 5.74) is 0. The molecule has 0 saturated carbocycles. The molecule has 0 radical (unpaired) electrons. The first kappa shape index (κ1) is 65.3. The second kappa shape index (κ2) is 33.3. The largest absolute Gasteiger partial charge is 0.462 e. The predicted molar refractivity (Wildman–Crippen MR) is 277 cm³/mol. The van der Waals surface area contributed by atoms with Gasteiger partial charge in [-0.05, 0) is 60.0 Å². The van der Waals surface area contributed by atoms with E-state index in [-0.39, 0.29) is 64.1 Å². The van der Waals surface area contributed by atoms with E-state index in [2.05, 4.69) is 10.6 Å². The van der Waals surface area contributed by atoms with Crippen molar-refractivity contribution in [3.63, 3.8) is 0 Å². The molecule has 21 nitrogen and oxygen atoms in total. The van der Waals surface area contributed by atoms with Crippen molar-refractivity contribution in [2.45, 2.75) is 183 Å². The molecule has 0 aliphatic carbocycles. The van der Waals surface area contributed by atoms with Gasteiger partial charge in [-0.3, -0.25) is 14.4 Å². The van der Waals surface area contributed by atoms with E-state index in [0.717, 1.165) is 0 Å². The van der Waals surface area contributed by atoms with Crippen LogP contribution in [0, 0.1) is 17.8 Å². The predicted octanol–water partition coefficient (Wildman–Crippen LogP) is -0.155. The van der Waals surface area contributed by atoms with Crippen molar-refractivity contribution in [1.82, 2.24) is 15.5 Å². The summed E-state index contributed by atoms with van der Waals surface area (Å²) < 4.78 is 23.9. The van der Waals surface area contributed by atoms with Crippen LogP contribution in [0.5, 0.6) is 0 Å². The topological polar surface area (TPSA) is 338 Å². The highest BCUT2D eigenvalue weighted by atomic mass is 16.7. The Bertz CT molecular complexity index is 1930. The first-order valence-corrected chi connectivity index (χ1v) is 26.0. The maximum atomic E-state index is 13.7. The Kier molecular flexibility index (Phi) is 29.0. The number of cyclic esters (lactones) is 1. The Balaban J connectivity index is 1.98. The number of nitrogens with one attached hydrogen (secondary N) is 2. The Morgan fingerprint density at radius 2 is 1.28 bits per heavy atom. The SMILES string of the molecule is C[C@@H]1[C@H](O)[C@@H](C)/C=C/C=C/C=C/C=C/C=C/C=C/C=C/[C@H](O[C@@H]2O[C@H](C)[C@@H](O)[C@H](NC(=O)CN(C)C)[C@@H]2O)C[C@@H]2O[C@](O)(C[C@@H](O)[C@H](O)CC[C@@H](O)C[C@@H](O)C[C@@H](O)CC(=O)O[C@H]1C)C[C@H](O)[C@H]2C(=O)NCCCO. The molecule has 2 bridgehead atoms. The number of amides is 2. The molecule has 0 aromatic rings. The van der Waals surface area contributed by atoms with E-state index in [1.165, 1.54) is 6.92 Å². The molecular weight excluding hydrogens is 979 g/mol. The molecular formula is C54H87N3O18. The average Bonchev–Trinajstić information content (AvgIpc) is 3.32. The summed E-state index contributed by atoms with van der Waals surface area (Å²) in [7, 11) is 3.35. The number of hydrogen-bond acceptors (Lipinski definition) is 19. The lowest BCUT2D eigenvalue weighted by Crippen LogP contribution is -2.64. The second-order valence-electron chi connectivity index (χ2n) is 20.4. The summed E-state index contributed by atoms with van der Waals surface area (Å²) in [5, 5.41) is 126. The first-order valence-electron chi connectivity index (χ1n) is 26.0. The zero-order valence-electron chi connectivity index (χ0n) is 44.2. The fourth-order valence-corrected chi connectivity index (χ4v) is 9.04. The Labute approximate surface area is 441 Å². The number of likely N-dealkylation sites (N-methyl/N-ethyl adjacent to an activating group) is 1. The number of aliphatic hydroxyl groups is 11. The number of carbonyl (C=O) groups excluding carboxylic acids is 3. The number of allylic oxidation sites excluding steroid dienone is 12. The van der Waals surface area contributed by atoms with Gasteiger partial charge in [-0.2, -0.15) is 0 Å². The zero-order chi connectivity index (χ0) is 55.8. The smallest absolute Gasteiger partial charge is 0.308 e. The molecule has 2 saturated heterocycles. The van der Waals surface area contributed by atoms with Crippen molar-refractivity contribution in [1.29, 1.82) is 0 Å². The fraction of sp³-hybridized carbons (Fsp3) is 0.685. The minimum atomic E-state index is -2.36. The summed E-state index contributed by atoms with van der Waals surface area (Å²) in [6.45, 7) is 6.48. The van der Waals surface area contributed by atoms with Crippen molar-refractivity contribution in [3.05, 3.63) is 85.1 Å². The number of esters is 1. The molecule has 21 heteroatoms. The summed E-state index contributed by atoms with van der Waals surface area (Å²) in [4.78, 5) is 40.9. The summed E-state index contributed by atoms with van der Waals surface area (Å²) in [5.74, 6) is -6.41. The highest BCUT2D eigenvalue weighted by molar-refractivity contribution is 5.80. The summed E-state index contributed by atoms with van der Waals surface area (Å²) >= 11 is 0. The normalized spacial score (nSPS) is 41.0. The van der Waals surface area contributed by atoms with Crippen molar-refractivity contribution in [2.75, 3.05) is 33.8 Å². The summed E-state index contributed by atoms with van der Waals surface area (Å²) in [6.07, 6.45) is 3.44. The van der Waals surface area contributed by atoms with E-state index in [1.807, 2.05) is 19.1 Å². The van der Waals surface area contributed by atoms with Crippen LogP contribution in [0.4, 0.5) is 0 Å². The Hall–Kier alpha value is -4.01. The quantitative estimate of drug-likeness (QED) is 0.105. The molecule has 3 aliphatic rings. The monoisotopic (exact) mass is 1070 g/mol. The Morgan fingerprint density at radius 1 is 0.707 bits per heavy atom. The maximum absolute atomic E-state index is 13.7. The minimum absolute atomic E-state index is 0.0324. The number of rotatable bonds is 9. The standard InChI is InChI=1S/C54H87N3O18/c1-33-20-17-15-13-11-9-7-8-10-12-14-16-18-21-40(74-53-51(69)48(50(68)36(4)73-53)56-45(65)32-57(5)6)29-44-47(52(70)55-24-19-25-58)43(64)31-54(71,75-44)30-42(63)41(62)23-22-37(59)26-38(60)27-39(61)28-46(66)72-35(3)34(2)49(33)67/h7-18,20-21,33-44,47-51,53,58-64,67-69,71H,19,22-32H2,1-6H3,(H,55,70)(H,56,65)/b8-7+,11-9+,12-10+,15-13+,16-14+,20-17+,21-18+/t33-,34-,35-,36+,37+,38+,39+,40-,41+,42+,43-,44-,47+,48-,49+,50+,51-,53-,54+/m0/s1. The van der Waals surface area contributed by atoms with Gasteiger partial charge in [0.05, 0.1) is 86.0 Å². The lowest BCUT2D eigenvalue weighted by atomic mass is 9.82. The van der Waals surface area contributed by atoms with Crippen molar-refractivity contribution in [2.24, 2.45) is 17.8 Å². The van der Waals surface area contributed by atoms with Gasteiger partial charge in [-0.1, -0.05) is 98.9 Å². The highest BCUT2D eigenvalue weighted by Crippen LogP contribution is 2.38. The van der Waals surface area contributed by atoms with Crippen LogP contribution in [0.15, 0.2) is 85.1 Å². The highest BCUT2D eigenvalue weighted by Gasteiger charge is 2.51. The number of aliphatic hydroxyl groups excluding tert-OH is 10. The molecule has 2 fully saturated rings. The van der Waals surface area contributed by atoms with Crippen LogP contribution in [0.25, 0.3) is 0 Å². The van der Waals surface area contributed by atoms with E-state index in [1.54, 1.807) is 106 Å². The van der Waals surface area contributed by atoms with Crippen molar-refractivity contribution < 1.29 is 89.5 Å². The van der Waals surface area contributed by atoms with Crippen LogP contribution in [-0.4, -0.2) is 210 Å². The van der Waals surface area contributed by atoms with Gasteiger partial charge in [0.15, 0.2) is 12.1 Å². The molecule has 3 rings (SSSR count). The van der Waals surface area contributed by atoms with Gasteiger partial charge in [0.25, 0.3) is 0 Å². The number of fused-ring (bicyclic) bond motifs is 2. The van der Waals surface area contributed by atoms with Gasteiger partial charge in [-0.25, -0.2) is 0 Å². The average molecular weight is 1070 g/mol. The molecule has 0 aromatic heterocycles. The fourth-order valence-electron chi connectivity index (χ4n) is 9.04. The van der Waals surface area contributed by atoms with Crippen molar-refractivity contribution >= 4 is 17.8 Å². The van der Waals surface area contributed by atoms with Gasteiger partial charge < -0.3 is 90.7 Å². The lowest BCUT2D eigenvalue weighted by Gasteiger charge is -2.46. The van der Waals surface area contributed by atoms with E-state index < -0.39 is 146 Å². The van der Waals surface area contributed by atoms with Crippen LogP contribution in [-0.2, 0) is 33.3 Å². The van der Waals surface area contributed by atoms with Crippen LogP contribution in [0.3, 0.4) is 0 Å². The molecule has 0 spiro atoms.